The van der Waals surface area contributed by atoms with E-state index >= 15 is 0 Å². The third-order valence-corrected chi connectivity index (χ3v) is 14.5. The van der Waals surface area contributed by atoms with E-state index in [4.69, 9.17) is 49.0 Å². The van der Waals surface area contributed by atoms with Gasteiger partial charge in [0.15, 0.2) is 0 Å². The van der Waals surface area contributed by atoms with Crippen molar-refractivity contribution in [1.82, 2.24) is 0 Å². The van der Waals surface area contributed by atoms with E-state index in [9.17, 15) is 37.5 Å². The molecule has 1 N–H and O–H groups in total. The minimum atomic E-state index is -0.994. The van der Waals surface area contributed by atoms with Gasteiger partial charge in [0.05, 0.1) is 54.7 Å². The number of carbonyl (C=O) groups is 4. The van der Waals surface area contributed by atoms with Crippen LogP contribution < -0.4 is 17.0 Å². The molecule has 3 spiro atoms. The standard InChI is InChI=1S/C15H16ClFO3.C15H16ClFO2.C9H12O3.C6H3ClF.C4H10O.2CH4.BrH.Mg/c1-20-13(18)9-5-14(6-9)7-15(19,8-14)10-2-3-11(16)12(17)4-10;1-19-14(18)11-7-15(8-11)5-10(6-15)9-2-3-12(16)13(17)4-9;1-12-8(11)6-2-9(3-6)4-7(10)5-9;7-5-3-1-2-4-6(5)8;1-3-5-4-2;;;;/h2-4,9,19H,5-8H2,1H3;2-4,10-11H,5-8H2,1H3;6H,2-5H2,1H3;1,3-4H;3-4H2,1-2H3;2*1H4;1H;/q;;;-1;;;;;+2/p-1. The number of ketones is 1. The number of methoxy groups -OCH3 is 3. The molecular formula is C51H65BrCl3F3MgO9. The molecule has 9 nitrogen and oxygen atoms in total. The molecule has 0 heterocycles. The smallest absolute Gasteiger partial charge is 1.00 e. The zero-order valence-corrected chi connectivity index (χ0v) is 43.2. The van der Waals surface area contributed by atoms with Crippen molar-refractivity contribution in [2.24, 2.45) is 34.0 Å². The van der Waals surface area contributed by atoms with Crippen LogP contribution in [-0.4, -0.2) is 86.4 Å². The van der Waals surface area contributed by atoms with Gasteiger partial charge in [-0.3, -0.25) is 23.6 Å². The Bertz CT molecular complexity index is 2100. The zero-order valence-electron chi connectivity index (χ0n) is 38.0. The van der Waals surface area contributed by atoms with Crippen molar-refractivity contribution in [3.8, 4) is 0 Å². The van der Waals surface area contributed by atoms with E-state index in [2.05, 4.69) is 10.8 Å². The molecule has 9 rings (SSSR count). The number of rotatable bonds is 7. The summed E-state index contributed by atoms with van der Waals surface area (Å²) in [4.78, 5) is 44.5. The molecule has 6 saturated carbocycles. The molecule has 3 aromatic rings. The Morgan fingerprint density at radius 2 is 1.09 bits per heavy atom. The summed E-state index contributed by atoms with van der Waals surface area (Å²) in [6.07, 6.45) is 9.68. The molecule has 6 aliphatic carbocycles. The van der Waals surface area contributed by atoms with E-state index in [1.165, 1.54) is 51.7 Å². The number of carbonyl (C=O) groups excluding carboxylic acids is 4. The zero-order chi connectivity index (χ0) is 47.0. The average Bonchev–Trinajstić information content (AvgIpc) is 3.19. The second kappa shape index (κ2) is 27.4. The summed E-state index contributed by atoms with van der Waals surface area (Å²) in [6.45, 7) is 5.67. The molecule has 0 unspecified atom stereocenters. The molecule has 6 fully saturated rings. The molecule has 0 aliphatic heterocycles. The van der Waals surface area contributed by atoms with E-state index < -0.39 is 17.2 Å². The molecule has 17 heteroatoms. The monoisotopic (exact) mass is 1090 g/mol. The summed E-state index contributed by atoms with van der Waals surface area (Å²) in [5.41, 5.74) is 1.13. The first kappa shape index (κ1) is 63.6. The van der Waals surface area contributed by atoms with Crippen LogP contribution in [0.2, 0.25) is 15.1 Å². The van der Waals surface area contributed by atoms with Crippen LogP contribution in [0.3, 0.4) is 0 Å². The minimum Gasteiger partial charge on any atom is -1.00 e. The van der Waals surface area contributed by atoms with Gasteiger partial charge in [0.2, 0.25) is 0 Å². The van der Waals surface area contributed by atoms with Crippen LogP contribution >= 0.6 is 34.8 Å². The van der Waals surface area contributed by atoms with Gasteiger partial charge in [-0.05, 0) is 141 Å². The second-order valence-electron chi connectivity index (χ2n) is 18.2. The van der Waals surface area contributed by atoms with Gasteiger partial charge in [-0.1, -0.05) is 50.2 Å². The number of hydrogen-bond donors (Lipinski definition) is 1. The predicted octanol–water partition coefficient (Wildman–Crippen LogP) is 9.09. The Labute approximate surface area is 442 Å². The Balaban J connectivity index is 0.000000447. The maximum absolute atomic E-state index is 13.5. The Hall–Kier alpha value is -2.43. The fraction of sp³-hybridized carbons (Fsp3) is 0.569. The van der Waals surface area contributed by atoms with Gasteiger partial charge in [0, 0.05) is 31.9 Å². The molecule has 68 heavy (non-hydrogen) atoms. The first-order chi connectivity index (χ1) is 30.3. The number of hydrogen-bond acceptors (Lipinski definition) is 9. The van der Waals surface area contributed by atoms with E-state index in [-0.39, 0.29) is 122 Å². The summed E-state index contributed by atoms with van der Waals surface area (Å²) in [5, 5.41) is 10.9. The van der Waals surface area contributed by atoms with Crippen LogP contribution in [0.1, 0.15) is 123 Å². The van der Waals surface area contributed by atoms with E-state index in [1.807, 2.05) is 19.9 Å². The first-order valence-electron chi connectivity index (χ1n) is 21.5. The summed E-state index contributed by atoms with van der Waals surface area (Å²) < 4.78 is 58.0. The van der Waals surface area contributed by atoms with Crippen LogP contribution in [0.5, 0.6) is 0 Å². The summed E-state index contributed by atoms with van der Waals surface area (Å²) in [6, 6.07) is 16.2. The van der Waals surface area contributed by atoms with Gasteiger partial charge in [-0.25, -0.2) is 8.78 Å². The largest absolute Gasteiger partial charge is 2.00 e. The first-order valence-corrected chi connectivity index (χ1v) is 22.7. The summed E-state index contributed by atoms with van der Waals surface area (Å²) >= 11 is 16.6. The minimum absolute atomic E-state index is 0. The third-order valence-electron chi connectivity index (χ3n) is 13.6. The van der Waals surface area contributed by atoms with Crippen LogP contribution in [0.4, 0.5) is 13.2 Å². The molecular weight excluding hydrogens is 1020 g/mol. The van der Waals surface area contributed by atoms with E-state index in [0.29, 0.717) is 48.4 Å². The van der Waals surface area contributed by atoms with E-state index in [0.717, 1.165) is 70.1 Å². The number of ether oxygens (including phenoxy) is 4. The van der Waals surface area contributed by atoms with Crippen molar-refractivity contribution in [3.05, 3.63) is 104 Å². The average molecular weight is 1090 g/mol. The topological polar surface area (TPSA) is 125 Å². The number of Topliss-reactive ketones (excluding diaryl/α,β-unsaturated/α-hetero) is 1. The van der Waals surface area contributed by atoms with Gasteiger partial charge < -0.3 is 41.0 Å². The van der Waals surface area contributed by atoms with Crippen molar-refractivity contribution < 1.29 is 73.4 Å². The SMILES string of the molecule is C.C.CCOCC.COC(=O)C1CC2(C1)CC(O)(c1ccc(Cl)c(F)c1)C2.COC(=O)C1CC2(C1)CC(c1ccc(Cl)c(F)c1)C2.COC(=O)C1CC2(CC(=O)C2)C1.Fc1c[c-]ccc1Cl.[Br-].[Mg+2]. The molecule has 0 aromatic heterocycles. The van der Waals surface area contributed by atoms with Crippen molar-refractivity contribution in [2.75, 3.05) is 34.5 Å². The Kier molecular flexibility index (Phi) is 25.6. The number of esters is 3. The maximum Gasteiger partial charge on any atom is 2.00 e. The van der Waals surface area contributed by atoms with Crippen molar-refractivity contribution in [3.63, 3.8) is 0 Å². The van der Waals surface area contributed by atoms with Crippen molar-refractivity contribution in [1.29, 1.82) is 0 Å². The normalized spacial score (nSPS) is 25.8. The van der Waals surface area contributed by atoms with Gasteiger partial charge in [0.25, 0.3) is 0 Å². The molecule has 0 bridgehead atoms. The molecule has 0 radical (unpaired) electrons. The Morgan fingerprint density at radius 1 is 0.662 bits per heavy atom. The molecule has 3 aromatic carbocycles. The van der Waals surface area contributed by atoms with E-state index in [1.54, 1.807) is 18.2 Å². The molecule has 6 aliphatic rings. The Morgan fingerprint density at radius 3 is 1.46 bits per heavy atom. The fourth-order valence-electron chi connectivity index (χ4n) is 10.4. The fourth-order valence-corrected chi connectivity index (χ4v) is 10.8. The second-order valence-corrected chi connectivity index (χ2v) is 19.4. The summed E-state index contributed by atoms with van der Waals surface area (Å²) in [5.74, 6) is -0.809. The predicted molar refractivity (Wildman–Crippen MR) is 255 cm³/mol. The molecule has 0 saturated heterocycles. The number of benzene rings is 3. The van der Waals surface area contributed by atoms with Crippen LogP contribution in [0, 0.1) is 57.5 Å². The van der Waals surface area contributed by atoms with Gasteiger partial charge >= 0.3 is 41.0 Å². The summed E-state index contributed by atoms with van der Waals surface area (Å²) in [7, 11) is 4.24. The molecule has 0 atom stereocenters. The molecule has 374 valence electrons. The van der Waals surface area contributed by atoms with Crippen molar-refractivity contribution >= 4 is 81.5 Å². The van der Waals surface area contributed by atoms with Crippen LogP contribution in [-0.2, 0) is 43.7 Å². The number of halogens is 7. The van der Waals surface area contributed by atoms with Gasteiger partial charge in [-0.2, -0.15) is 12.1 Å². The van der Waals surface area contributed by atoms with Crippen molar-refractivity contribution in [2.45, 2.75) is 117 Å². The van der Waals surface area contributed by atoms with Crippen LogP contribution in [0.25, 0.3) is 0 Å². The van der Waals surface area contributed by atoms with Crippen LogP contribution in [0.15, 0.2) is 54.6 Å². The van der Waals surface area contributed by atoms with Gasteiger partial charge in [-0.15, -0.1) is 23.7 Å². The molecule has 0 amide bonds. The third kappa shape index (κ3) is 15.5. The number of aliphatic hydroxyl groups is 1. The van der Waals surface area contributed by atoms with Gasteiger partial charge in [0.1, 0.15) is 17.4 Å². The maximum atomic E-state index is 13.5. The quantitative estimate of drug-likeness (QED) is 0.107.